The molecule has 0 amide bonds. The van der Waals surface area contributed by atoms with Gasteiger partial charge in [0.1, 0.15) is 0 Å². The summed E-state index contributed by atoms with van der Waals surface area (Å²) in [4.78, 5) is 0. The van der Waals surface area contributed by atoms with Crippen molar-refractivity contribution in [2.75, 3.05) is 0 Å². The van der Waals surface area contributed by atoms with Crippen molar-refractivity contribution in [2.24, 2.45) is 5.92 Å². The second-order valence-corrected chi connectivity index (χ2v) is 2.74. The van der Waals surface area contributed by atoms with Crippen molar-refractivity contribution in [3.05, 3.63) is 23.8 Å². The van der Waals surface area contributed by atoms with E-state index < -0.39 is 0 Å². The molecule has 0 heterocycles. The predicted molar refractivity (Wildman–Crippen MR) is 41.3 cm³/mol. The molecule has 0 heteroatoms. The molecule has 0 aliphatic heterocycles. The van der Waals surface area contributed by atoms with Gasteiger partial charge in [-0.15, -0.1) is 0 Å². The fourth-order valence-electron chi connectivity index (χ4n) is 1.19. The van der Waals surface area contributed by atoms with Gasteiger partial charge in [-0.25, -0.2) is 0 Å². The minimum atomic E-state index is 0.768. The molecule has 0 spiro atoms. The monoisotopic (exact) mass is 122 g/mol. The van der Waals surface area contributed by atoms with E-state index in [1.54, 1.807) is 5.57 Å². The molecule has 1 aliphatic carbocycles. The highest BCUT2D eigenvalue weighted by Gasteiger charge is 2.02. The van der Waals surface area contributed by atoms with E-state index in [0.29, 0.717) is 0 Å². The zero-order valence-electron chi connectivity index (χ0n) is 6.22. The Kier molecular flexibility index (Phi) is 2.10. The molecule has 1 aliphatic rings. The third-order valence-corrected chi connectivity index (χ3v) is 1.81. The second-order valence-electron chi connectivity index (χ2n) is 2.74. The lowest BCUT2D eigenvalue weighted by molar-refractivity contribution is 0.689. The standard InChI is InChI=1S/C9H14/c1-3-9-6-4-5-8(2)7-9/h4-6,8H,3,7H2,1-2H3. The van der Waals surface area contributed by atoms with Crippen LogP contribution in [0.5, 0.6) is 0 Å². The molecular weight excluding hydrogens is 108 g/mol. The maximum atomic E-state index is 2.26. The highest BCUT2D eigenvalue weighted by Crippen LogP contribution is 2.19. The average molecular weight is 122 g/mol. The van der Waals surface area contributed by atoms with Gasteiger partial charge in [-0.3, -0.25) is 0 Å². The van der Waals surface area contributed by atoms with Crippen LogP contribution in [0.15, 0.2) is 23.8 Å². The Hall–Kier alpha value is -0.520. The summed E-state index contributed by atoms with van der Waals surface area (Å²) in [6.07, 6.45) is 9.16. The van der Waals surface area contributed by atoms with Crippen LogP contribution in [0.2, 0.25) is 0 Å². The Labute approximate surface area is 57.3 Å². The lowest BCUT2D eigenvalue weighted by atomic mass is 9.95. The summed E-state index contributed by atoms with van der Waals surface area (Å²) in [7, 11) is 0. The summed E-state index contributed by atoms with van der Waals surface area (Å²) >= 11 is 0. The third kappa shape index (κ3) is 1.70. The van der Waals surface area contributed by atoms with E-state index in [9.17, 15) is 0 Å². The van der Waals surface area contributed by atoms with E-state index in [1.165, 1.54) is 12.8 Å². The molecule has 0 aromatic rings. The van der Waals surface area contributed by atoms with Crippen LogP contribution in [0, 0.1) is 5.92 Å². The molecule has 0 bridgehead atoms. The average Bonchev–Trinajstić information content (AvgIpc) is 1.88. The first-order chi connectivity index (χ1) is 4.33. The molecular formula is C9H14. The molecule has 1 atom stereocenters. The first kappa shape index (κ1) is 6.60. The molecule has 0 aromatic heterocycles. The van der Waals surface area contributed by atoms with E-state index in [2.05, 4.69) is 32.1 Å². The second kappa shape index (κ2) is 2.86. The first-order valence-corrected chi connectivity index (χ1v) is 3.69. The van der Waals surface area contributed by atoms with Gasteiger partial charge in [-0.2, -0.15) is 0 Å². The van der Waals surface area contributed by atoms with Gasteiger partial charge < -0.3 is 0 Å². The summed E-state index contributed by atoms with van der Waals surface area (Å²) < 4.78 is 0. The number of allylic oxidation sites excluding steroid dienone is 4. The van der Waals surface area contributed by atoms with E-state index in [-0.39, 0.29) is 0 Å². The van der Waals surface area contributed by atoms with Gasteiger partial charge in [-0.1, -0.05) is 37.6 Å². The molecule has 0 aromatic carbocycles. The summed E-state index contributed by atoms with van der Waals surface area (Å²) in [5, 5.41) is 0. The SMILES string of the molecule is CCC1=CC=CC(C)C1. The smallest absolute Gasteiger partial charge is 0.0221 e. The minimum absolute atomic E-state index is 0.768. The normalized spacial score (nSPS) is 26.0. The third-order valence-electron chi connectivity index (χ3n) is 1.81. The topological polar surface area (TPSA) is 0 Å². The van der Waals surface area contributed by atoms with Crippen LogP contribution < -0.4 is 0 Å². The molecule has 0 nitrogen and oxygen atoms in total. The lowest BCUT2D eigenvalue weighted by Gasteiger charge is -2.11. The Morgan fingerprint density at radius 3 is 2.89 bits per heavy atom. The van der Waals surface area contributed by atoms with Crippen LogP contribution in [-0.4, -0.2) is 0 Å². The quantitative estimate of drug-likeness (QED) is 0.501. The van der Waals surface area contributed by atoms with Gasteiger partial charge in [0, 0.05) is 0 Å². The van der Waals surface area contributed by atoms with Crippen molar-refractivity contribution in [1.29, 1.82) is 0 Å². The van der Waals surface area contributed by atoms with E-state index in [0.717, 1.165) is 5.92 Å². The summed E-state index contributed by atoms with van der Waals surface area (Å²) in [5.74, 6) is 0.768. The van der Waals surface area contributed by atoms with E-state index in [4.69, 9.17) is 0 Å². The number of hydrogen-bond donors (Lipinski definition) is 0. The molecule has 0 N–H and O–H groups in total. The van der Waals surface area contributed by atoms with Crippen LogP contribution in [0.4, 0.5) is 0 Å². The van der Waals surface area contributed by atoms with Crippen molar-refractivity contribution in [2.45, 2.75) is 26.7 Å². The van der Waals surface area contributed by atoms with Gasteiger partial charge in [0.05, 0.1) is 0 Å². The van der Waals surface area contributed by atoms with Crippen molar-refractivity contribution >= 4 is 0 Å². The Morgan fingerprint density at radius 1 is 1.67 bits per heavy atom. The lowest BCUT2D eigenvalue weighted by Crippen LogP contribution is -1.95. The minimum Gasteiger partial charge on any atom is -0.0814 e. The first-order valence-electron chi connectivity index (χ1n) is 3.69. The van der Waals surface area contributed by atoms with Crippen LogP contribution in [0.25, 0.3) is 0 Å². The van der Waals surface area contributed by atoms with Gasteiger partial charge in [0.25, 0.3) is 0 Å². The molecule has 1 rings (SSSR count). The largest absolute Gasteiger partial charge is 0.0814 e. The van der Waals surface area contributed by atoms with Crippen molar-refractivity contribution in [1.82, 2.24) is 0 Å². The van der Waals surface area contributed by atoms with Crippen LogP contribution in [0.3, 0.4) is 0 Å². The van der Waals surface area contributed by atoms with Crippen LogP contribution in [0.1, 0.15) is 26.7 Å². The van der Waals surface area contributed by atoms with Crippen LogP contribution in [-0.2, 0) is 0 Å². The van der Waals surface area contributed by atoms with E-state index >= 15 is 0 Å². The fraction of sp³-hybridized carbons (Fsp3) is 0.556. The highest BCUT2D eigenvalue weighted by molar-refractivity contribution is 5.18. The van der Waals surface area contributed by atoms with Crippen LogP contribution >= 0.6 is 0 Å². The fourth-order valence-corrected chi connectivity index (χ4v) is 1.19. The molecule has 50 valence electrons. The van der Waals surface area contributed by atoms with Gasteiger partial charge in [0.15, 0.2) is 0 Å². The zero-order valence-corrected chi connectivity index (χ0v) is 6.22. The van der Waals surface area contributed by atoms with Crippen molar-refractivity contribution in [3.63, 3.8) is 0 Å². The molecule has 9 heavy (non-hydrogen) atoms. The Balaban J connectivity index is 2.55. The Bertz CT molecular complexity index is 140. The molecule has 0 saturated heterocycles. The molecule has 1 unspecified atom stereocenters. The summed E-state index contributed by atoms with van der Waals surface area (Å²) in [5.41, 5.74) is 1.59. The van der Waals surface area contributed by atoms with E-state index in [1.807, 2.05) is 0 Å². The van der Waals surface area contributed by atoms with Gasteiger partial charge in [-0.05, 0) is 18.8 Å². The maximum Gasteiger partial charge on any atom is -0.0221 e. The zero-order chi connectivity index (χ0) is 6.69. The summed E-state index contributed by atoms with van der Waals surface area (Å²) in [6, 6.07) is 0. The predicted octanol–water partition coefficient (Wildman–Crippen LogP) is 2.92. The number of hydrogen-bond acceptors (Lipinski definition) is 0. The molecule has 0 saturated carbocycles. The molecule has 0 fully saturated rings. The molecule has 0 radical (unpaired) electrons. The number of rotatable bonds is 1. The van der Waals surface area contributed by atoms with Gasteiger partial charge >= 0.3 is 0 Å². The maximum absolute atomic E-state index is 2.26. The van der Waals surface area contributed by atoms with Crippen molar-refractivity contribution < 1.29 is 0 Å². The van der Waals surface area contributed by atoms with Gasteiger partial charge in [0.2, 0.25) is 0 Å². The summed E-state index contributed by atoms with van der Waals surface area (Å²) in [6.45, 7) is 4.48. The Morgan fingerprint density at radius 2 is 2.44 bits per heavy atom. The van der Waals surface area contributed by atoms with Crippen molar-refractivity contribution in [3.8, 4) is 0 Å². The highest BCUT2D eigenvalue weighted by atomic mass is 14.1.